The summed E-state index contributed by atoms with van der Waals surface area (Å²) in [6, 6.07) is 15.2. The van der Waals surface area contributed by atoms with Gasteiger partial charge in [0, 0.05) is 75.1 Å². The van der Waals surface area contributed by atoms with Crippen molar-refractivity contribution in [1.29, 1.82) is 0 Å². The monoisotopic (exact) mass is 686 g/mol. The molecule has 0 aliphatic carbocycles. The maximum absolute atomic E-state index is 13.7. The molecule has 49 heavy (non-hydrogen) atoms. The number of aromatic nitrogens is 2. The molecule has 2 saturated heterocycles. The van der Waals surface area contributed by atoms with Gasteiger partial charge in [-0.3, -0.25) is 24.7 Å². The number of imide groups is 1. The molecule has 4 aromatic rings. The van der Waals surface area contributed by atoms with Crippen molar-refractivity contribution in [3.63, 3.8) is 0 Å². The number of nitrogens with one attached hydrogen (secondary N) is 3. The summed E-state index contributed by atoms with van der Waals surface area (Å²) in [5.41, 5.74) is 3.45. The normalized spacial score (nSPS) is 15.6. The Kier molecular flexibility index (Phi) is 10.6. The van der Waals surface area contributed by atoms with Crippen LogP contribution in [0.25, 0.3) is 10.9 Å². The van der Waals surface area contributed by atoms with Gasteiger partial charge in [-0.1, -0.05) is 36.4 Å². The molecular weight excluding hydrogens is 651 g/mol. The van der Waals surface area contributed by atoms with Gasteiger partial charge in [-0.2, -0.15) is 0 Å². The first kappa shape index (κ1) is 33.8. The maximum atomic E-state index is 13.7. The Hall–Kier alpha value is -5.11. The van der Waals surface area contributed by atoms with E-state index in [1.165, 1.54) is 24.5 Å². The third kappa shape index (κ3) is 8.31. The third-order valence-electron chi connectivity index (χ3n) is 8.43. The lowest BCUT2D eigenvalue weighted by Gasteiger charge is -2.36. The van der Waals surface area contributed by atoms with E-state index in [2.05, 4.69) is 42.3 Å². The summed E-state index contributed by atoms with van der Waals surface area (Å²) in [6.07, 6.45) is 3.64. The van der Waals surface area contributed by atoms with E-state index in [4.69, 9.17) is 16.3 Å². The second-order valence-electron chi connectivity index (χ2n) is 11.7. The van der Waals surface area contributed by atoms with Gasteiger partial charge >= 0.3 is 6.03 Å². The molecule has 4 amide bonds. The number of piperazine rings is 1. The van der Waals surface area contributed by atoms with Crippen molar-refractivity contribution in [1.82, 2.24) is 25.1 Å². The molecule has 0 bridgehead atoms. The molecule has 0 atom stereocenters. The fraction of sp³-hybridized carbons (Fsp3) is 0.286. The zero-order chi connectivity index (χ0) is 34.3. The first-order valence-electron chi connectivity index (χ1n) is 16.0. The molecule has 0 spiro atoms. The number of fused-ring (bicyclic) bond motifs is 1. The van der Waals surface area contributed by atoms with Crippen molar-refractivity contribution < 1.29 is 23.5 Å². The van der Waals surface area contributed by atoms with Gasteiger partial charge in [-0.05, 0) is 48.4 Å². The molecule has 0 radical (unpaired) electrons. The molecule has 2 fully saturated rings. The number of benzene rings is 3. The lowest BCUT2D eigenvalue weighted by molar-refractivity contribution is -0.120. The van der Waals surface area contributed by atoms with Crippen molar-refractivity contribution in [2.45, 2.75) is 19.4 Å². The topological polar surface area (TPSA) is 132 Å². The SMILES string of the molecule is C=CC(=O)Nc1cc2c(Nc3ccc(F)c(Cl)c3)ncnc2cc1OCCCN1CCN(Cc2ccccc2N2CCC(=O)NC2=O)CC1. The molecule has 3 heterocycles. The van der Waals surface area contributed by atoms with Gasteiger partial charge in [0.25, 0.3) is 0 Å². The van der Waals surface area contributed by atoms with Gasteiger partial charge in [0.2, 0.25) is 11.8 Å². The Morgan fingerprint density at radius 3 is 2.61 bits per heavy atom. The Bertz CT molecular complexity index is 1880. The lowest BCUT2D eigenvalue weighted by atomic mass is 10.1. The number of rotatable bonds is 12. The second kappa shape index (κ2) is 15.4. The van der Waals surface area contributed by atoms with E-state index in [1.807, 2.05) is 24.3 Å². The van der Waals surface area contributed by atoms with E-state index in [-0.39, 0.29) is 23.4 Å². The van der Waals surface area contributed by atoms with Crippen LogP contribution in [0.1, 0.15) is 18.4 Å². The molecule has 1 aromatic heterocycles. The van der Waals surface area contributed by atoms with Crippen LogP contribution in [-0.2, 0) is 16.1 Å². The van der Waals surface area contributed by atoms with Crippen molar-refractivity contribution >= 4 is 63.2 Å². The first-order valence-corrected chi connectivity index (χ1v) is 16.4. The number of nitrogens with zero attached hydrogens (tertiary/aromatic N) is 5. The quantitative estimate of drug-likeness (QED) is 0.134. The lowest BCUT2D eigenvalue weighted by Crippen LogP contribution is -2.50. The molecule has 2 aliphatic rings. The summed E-state index contributed by atoms with van der Waals surface area (Å²) >= 11 is 5.95. The highest BCUT2D eigenvalue weighted by molar-refractivity contribution is 6.31. The molecule has 0 saturated carbocycles. The largest absolute Gasteiger partial charge is 0.491 e. The number of carbonyl (C=O) groups excluding carboxylic acids is 3. The summed E-state index contributed by atoms with van der Waals surface area (Å²) in [7, 11) is 0. The minimum atomic E-state index is -0.526. The Labute approximate surface area is 287 Å². The van der Waals surface area contributed by atoms with Crippen LogP contribution in [0.15, 0.2) is 73.6 Å². The highest BCUT2D eigenvalue weighted by Gasteiger charge is 2.27. The number of hydrogen-bond acceptors (Lipinski definition) is 9. The Balaban J connectivity index is 1.04. The zero-order valence-corrected chi connectivity index (χ0v) is 27.5. The highest BCUT2D eigenvalue weighted by Crippen LogP contribution is 2.34. The number of carbonyl (C=O) groups is 3. The van der Waals surface area contributed by atoms with Gasteiger partial charge in [0.15, 0.2) is 0 Å². The molecular formula is C35H36ClFN8O4. The summed E-state index contributed by atoms with van der Waals surface area (Å²) in [5, 5.41) is 8.95. The maximum Gasteiger partial charge on any atom is 0.328 e. The van der Waals surface area contributed by atoms with Crippen LogP contribution in [-0.4, -0.2) is 83.5 Å². The van der Waals surface area contributed by atoms with E-state index < -0.39 is 11.7 Å². The predicted octanol–water partition coefficient (Wildman–Crippen LogP) is 5.32. The predicted molar refractivity (Wildman–Crippen MR) is 187 cm³/mol. The molecule has 2 aliphatic heterocycles. The minimum absolute atomic E-state index is 0.0222. The molecule has 3 N–H and O–H groups in total. The minimum Gasteiger partial charge on any atom is -0.491 e. The second-order valence-corrected chi connectivity index (χ2v) is 12.1. The number of ether oxygens (including phenoxy) is 1. The van der Waals surface area contributed by atoms with Crippen LogP contribution < -0.4 is 25.6 Å². The van der Waals surface area contributed by atoms with Crippen LogP contribution in [0, 0.1) is 5.82 Å². The fourth-order valence-electron chi connectivity index (χ4n) is 5.88. The smallest absolute Gasteiger partial charge is 0.328 e. The number of anilines is 4. The summed E-state index contributed by atoms with van der Waals surface area (Å²) in [6.45, 7) is 9.43. The number of amides is 4. The number of urea groups is 1. The van der Waals surface area contributed by atoms with E-state index in [1.54, 1.807) is 23.1 Å². The van der Waals surface area contributed by atoms with Gasteiger partial charge in [0.1, 0.15) is 23.7 Å². The van der Waals surface area contributed by atoms with Crippen molar-refractivity contribution in [2.75, 3.05) is 61.4 Å². The van der Waals surface area contributed by atoms with Crippen LogP contribution in [0.4, 0.5) is 32.1 Å². The van der Waals surface area contributed by atoms with Crippen LogP contribution in [0.5, 0.6) is 5.75 Å². The summed E-state index contributed by atoms with van der Waals surface area (Å²) < 4.78 is 19.8. The molecule has 0 unspecified atom stereocenters. The Morgan fingerprint density at radius 1 is 1.04 bits per heavy atom. The number of halogens is 2. The average Bonchev–Trinajstić information content (AvgIpc) is 3.10. The van der Waals surface area contributed by atoms with E-state index in [0.717, 1.165) is 50.4 Å². The van der Waals surface area contributed by atoms with Crippen molar-refractivity contribution in [3.8, 4) is 5.75 Å². The first-order chi connectivity index (χ1) is 23.8. The standard InChI is InChI=1S/C35H36ClFN8O4/c1-2-32(46)41-29-19-25-28(38-22-39-34(25)40-24-8-9-27(37)26(36)18-24)20-31(29)49-17-5-11-43-13-15-44(16-14-43)21-23-6-3-4-7-30(23)45-12-10-33(47)42-35(45)48/h2-4,6-9,18-20,22H,1,5,10-17,21H2,(H,41,46)(H,38,39,40)(H,42,47,48). The van der Waals surface area contributed by atoms with Crippen LogP contribution in [0.3, 0.4) is 0 Å². The number of hydrogen-bond donors (Lipinski definition) is 3. The molecule has 12 nitrogen and oxygen atoms in total. The van der Waals surface area contributed by atoms with E-state index >= 15 is 0 Å². The van der Waals surface area contributed by atoms with Gasteiger partial charge < -0.3 is 20.3 Å². The molecule has 254 valence electrons. The van der Waals surface area contributed by atoms with E-state index in [0.29, 0.717) is 53.5 Å². The molecule has 3 aromatic carbocycles. The molecule has 6 rings (SSSR count). The Morgan fingerprint density at radius 2 is 1.84 bits per heavy atom. The fourth-order valence-corrected chi connectivity index (χ4v) is 6.06. The average molecular weight is 687 g/mol. The highest BCUT2D eigenvalue weighted by atomic mass is 35.5. The third-order valence-corrected chi connectivity index (χ3v) is 8.72. The zero-order valence-electron chi connectivity index (χ0n) is 26.8. The molecule has 14 heteroatoms. The van der Waals surface area contributed by atoms with Crippen LogP contribution >= 0.6 is 11.6 Å². The summed E-state index contributed by atoms with van der Waals surface area (Å²) in [4.78, 5) is 51.5. The van der Waals surface area contributed by atoms with Crippen molar-refractivity contribution in [3.05, 3.63) is 90.0 Å². The van der Waals surface area contributed by atoms with Gasteiger partial charge in [-0.25, -0.2) is 19.2 Å². The number of para-hydroxylation sites is 1. The van der Waals surface area contributed by atoms with Crippen molar-refractivity contribution in [2.24, 2.45) is 0 Å². The van der Waals surface area contributed by atoms with E-state index in [9.17, 15) is 18.8 Å². The van der Waals surface area contributed by atoms with Gasteiger partial charge in [0.05, 0.1) is 22.8 Å². The van der Waals surface area contributed by atoms with Gasteiger partial charge in [-0.15, -0.1) is 0 Å². The van der Waals surface area contributed by atoms with Crippen LogP contribution in [0.2, 0.25) is 5.02 Å². The summed E-state index contributed by atoms with van der Waals surface area (Å²) in [5.74, 6) is -0.251.